The highest BCUT2D eigenvalue weighted by atomic mass is 35.6. The van der Waals surface area contributed by atoms with Gasteiger partial charge in [-0.05, 0) is 30.7 Å². The van der Waals surface area contributed by atoms with Crippen LogP contribution in [-0.4, -0.2) is 82.5 Å². The van der Waals surface area contributed by atoms with E-state index in [0.717, 1.165) is 0 Å². The fourth-order valence-electron chi connectivity index (χ4n) is 3.10. The molecule has 246 valence electrons. The summed E-state index contributed by atoms with van der Waals surface area (Å²) in [4.78, 5) is 51.3. The maximum atomic E-state index is 12.3. The van der Waals surface area contributed by atoms with Gasteiger partial charge in [-0.1, -0.05) is 34.8 Å². The minimum atomic E-state index is -1.30. The number of nitrogen functional groups attached to an aromatic ring is 1. The van der Waals surface area contributed by atoms with Gasteiger partial charge in [0.15, 0.2) is 5.82 Å². The van der Waals surface area contributed by atoms with Crippen LogP contribution in [0.4, 0.5) is 23.1 Å². The molecule has 1 aromatic carbocycles. The highest BCUT2D eigenvalue weighted by molar-refractivity contribution is 6.69. The number of halogens is 8. The standard InChI is InChI=1S/C19H23N7O6.2C2H2Cl4/c20-19-25-15-14(17(30)26-19)23-11(8-22-15)7-21-10-3-1-9(2-4-10)16(29)24-12(18(31)32)5-6-13(27)28;3-1-2(4,5)6;3-1(4)2(5)6/h1-4,11-12,21,23H,5-8H2,(H,24,29)(H,27,28)(H,31,32)(H4,20,22,25,26,30);1H2;1-2H/t11-,12+;;/m1../s1. The predicted octanol–water partition coefficient (Wildman–Crippen LogP) is 4.91. The first-order chi connectivity index (χ1) is 20.4. The van der Waals surface area contributed by atoms with Crippen LogP contribution in [0, 0.1) is 0 Å². The number of carboxylic acids is 2. The van der Waals surface area contributed by atoms with E-state index < -0.39 is 37.4 Å². The minimum absolute atomic E-state index is 0.0281. The molecule has 0 fully saturated rings. The molecule has 2 aromatic rings. The SMILES string of the molecule is ClC(Cl)C(Cl)Cl.ClCC(Cl)(Cl)Cl.Nc1nc2c(c(=O)[nH]1)N[C@H](CNc1ccc(C(=O)N[C@@H](CCC(=O)O)C(=O)O)cc1)CN2. The number of rotatable bonds is 10. The average molecular weight is 781 g/mol. The van der Waals surface area contributed by atoms with Crippen molar-refractivity contribution < 1.29 is 24.6 Å². The molecule has 0 unspecified atom stereocenters. The van der Waals surface area contributed by atoms with Crippen molar-refractivity contribution in [2.24, 2.45) is 0 Å². The zero-order valence-electron chi connectivity index (χ0n) is 22.2. The van der Waals surface area contributed by atoms with Gasteiger partial charge in [-0.3, -0.25) is 19.4 Å². The number of nitrogens with one attached hydrogen (secondary N) is 5. The first-order valence-electron chi connectivity index (χ1n) is 12.1. The van der Waals surface area contributed by atoms with Gasteiger partial charge in [0.2, 0.25) is 9.74 Å². The van der Waals surface area contributed by atoms with Gasteiger partial charge in [0.1, 0.15) is 21.4 Å². The summed E-state index contributed by atoms with van der Waals surface area (Å²) in [5, 5.41) is 29.5. The van der Waals surface area contributed by atoms with E-state index in [2.05, 4.69) is 31.2 Å². The fourth-order valence-corrected chi connectivity index (χ4v) is 3.10. The lowest BCUT2D eigenvalue weighted by atomic mass is 10.1. The molecule has 1 aromatic heterocycles. The van der Waals surface area contributed by atoms with Crippen molar-refractivity contribution in [1.82, 2.24) is 15.3 Å². The minimum Gasteiger partial charge on any atom is -0.481 e. The van der Waals surface area contributed by atoms with Gasteiger partial charge in [-0.25, -0.2) is 4.79 Å². The Hall–Kier alpha value is -1.97. The second-order valence-corrected chi connectivity index (χ2v) is 13.7. The second kappa shape index (κ2) is 19.5. The Balaban J connectivity index is 0.000000681. The largest absolute Gasteiger partial charge is 0.481 e. The molecule has 3 rings (SSSR count). The van der Waals surface area contributed by atoms with E-state index in [9.17, 15) is 19.2 Å². The lowest BCUT2D eigenvalue weighted by Crippen LogP contribution is -2.41. The molecular weight excluding hydrogens is 754 g/mol. The number of aromatic amines is 1. The maximum absolute atomic E-state index is 12.3. The van der Waals surface area contributed by atoms with Crippen LogP contribution in [0.2, 0.25) is 0 Å². The van der Waals surface area contributed by atoms with Crippen molar-refractivity contribution in [3.05, 3.63) is 40.2 Å². The van der Waals surface area contributed by atoms with Crippen LogP contribution in [0.3, 0.4) is 0 Å². The van der Waals surface area contributed by atoms with Gasteiger partial charge in [-0.2, -0.15) is 4.98 Å². The topological polar surface area (TPSA) is 212 Å². The van der Waals surface area contributed by atoms with E-state index in [-0.39, 0.29) is 41.8 Å². The molecule has 0 saturated carbocycles. The summed E-state index contributed by atoms with van der Waals surface area (Å²) in [6.07, 6.45) is -0.587. The number of alkyl halides is 8. The molecule has 21 heteroatoms. The van der Waals surface area contributed by atoms with E-state index >= 15 is 0 Å². The van der Waals surface area contributed by atoms with Gasteiger partial charge in [0.25, 0.3) is 11.5 Å². The smallest absolute Gasteiger partial charge is 0.326 e. The molecular formula is C23H27Cl8N7O6. The molecule has 0 saturated heterocycles. The Morgan fingerprint density at radius 2 is 1.64 bits per heavy atom. The van der Waals surface area contributed by atoms with E-state index in [0.29, 0.717) is 30.3 Å². The Morgan fingerprint density at radius 1 is 1.07 bits per heavy atom. The highest BCUT2D eigenvalue weighted by Crippen LogP contribution is 2.26. The van der Waals surface area contributed by atoms with E-state index in [4.69, 9.17) is 109 Å². The Kier molecular flexibility index (Phi) is 17.8. The monoisotopic (exact) mass is 777 g/mol. The molecule has 9 N–H and O–H groups in total. The highest BCUT2D eigenvalue weighted by Gasteiger charge is 2.23. The predicted molar refractivity (Wildman–Crippen MR) is 178 cm³/mol. The maximum Gasteiger partial charge on any atom is 0.326 e. The average Bonchev–Trinajstić information content (AvgIpc) is 2.94. The van der Waals surface area contributed by atoms with Crippen LogP contribution in [0.1, 0.15) is 23.2 Å². The zero-order valence-corrected chi connectivity index (χ0v) is 28.3. The summed E-state index contributed by atoms with van der Waals surface area (Å²) in [6, 6.07) is 4.93. The Labute approximate surface area is 291 Å². The summed E-state index contributed by atoms with van der Waals surface area (Å²) >= 11 is 40.9. The third-order valence-corrected chi connectivity index (χ3v) is 7.83. The molecule has 2 heterocycles. The number of fused-ring (bicyclic) bond motifs is 1. The number of hydrogen-bond donors (Lipinski definition) is 8. The molecule has 0 aliphatic carbocycles. The quantitative estimate of drug-likeness (QED) is 0.152. The molecule has 13 nitrogen and oxygen atoms in total. The first kappa shape index (κ1) is 40.1. The van der Waals surface area contributed by atoms with Crippen LogP contribution in [0.5, 0.6) is 0 Å². The zero-order chi connectivity index (χ0) is 33.6. The van der Waals surface area contributed by atoms with Crippen LogP contribution in [0.25, 0.3) is 0 Å². The molecule has 1 aliphatic heterocycles. The third kappa shape index (κ3) is 15.8. The van der Waals surface area contributed by atoms with Gasteiger partial charge in [-0.15, -0.1) is 58.0 Å². The normalized spacial score (nSPS) is 14.4. The summed E-state index contributed by atoms with van der Waals surface area (Å²) in [5.41, 5.74) is 6.40. The van der Waals surface area contributed by atoms with E-state index in [1.54, 1.807) is 12.1 Å². The van der Waals surface area contributed by atoms with Crippen LogP contribution in [-0.2, 0) is 9.59 Å². The van der Waals surface area contributed by atoms with Gasteiger partial charge in [0, 0.05) is 30.8 Å². The first-order valence-corrected chi connectivity index (χ1v) is 15.5. The van der Waals surface area contributed by atoms with E-state index in [1.807, 2.05) is 0 Å². The number of aliphatic carboxylic acids is 2. The number of aromatic nitrogens is 2. The van der Waals surface area contributed by atoms with Crippen LogP contribution < -0.4 is 32.6 Å². The number of carbonyl (C=O) groups is 3. The summed E-state index contributed by atoms with van der Waals surface area (Å²) < 4.78 is -1.28. The van der Waals surface area contributed by atoms with Gasteiger partial charge < -0.3 is 37.2 Å². The third-order valence-electron chi connectivity index (χ3n) is 5.09. The summed E-state index contributed by atoms with van der Waals surface area (Å²) in [7, 11) is 0. The Bertz CT molecular complexity index is 1290. The van der Waals surface area contributed by atoms with Crippen molar-refractivity contribution in [3.8, 4) is 0 Å². The lowest BCUT2D eigenvalue weighted by Gasteiger charge is -2.27. The van der Waals surface area contributed by atoms with Crippen molar-refractivity contribution in [1.29, 1.82) is 0 Å². The molecule has 0 radical (unpaired) electrons. The molecule has 44 heavy (non-hydrogen) atoms. The number of carbonyl (C=O) groups excluding carboxylic acids is 1. The Morgan fingerprint density at radius 3 is 2.11 bits per heavy atom. The number of anilines is 4. The molecule has 0 bridgehead atoms. The van der Waals surface area contributed by atoms with Crippen LogP contribution in [0.15, 0.2) is 29.1 Å². The number of carboxylic acid groups (broad SMARTS) is 2. The fraction of sp³-hybridized carbons (Fsp3) is 0.435. The van der Waals surface area contributed by atoms with Crippen LogP contribution >= 0.6 is 92.8 Å². The lowest BCUT2D eigenvalue weighted by molar-refractivity contribution is -0.140. The molecule has 0 spiro atoms. The van der Waals surface area contributed by atoms with Crippen molar-refractivity contribution in [2.75, 3.05) is 40.7 Å². The molecule has 1 aliphatic rings. The summed E-state index contributed by atoms with van der Waals surface area (Å²) in [5.74, 6) is -2.60. The number of H-pyrrole nitrogens is 1. The van der Waals surface area contributed by atoms with Crippen molar-refractivity contribution in [3.63, 3.8) is 0 Å². The van der Waals surface area contributed by atoms with Crippen molar-refractivity contribution in [2.45, 2.75) is 38.4 Å². The number of benzene rings is 1. The number of nitrogens with zero attached hydrogens (tertiary/aromatic N) is 1. The molecule has 2 atom stereocenters. The van der Waals surface area contributed by atoms with E-state index in [1.165, 1.54) is 12.1 Å². The number of amides is 1. The number of hydrogen-bond acceptors (Lipinski definition) is 9. The molecule has 1 amide bonds. The second-order valence-electron chi connectivity index (χ2n) is 8.57. The van der Waals surface area contributed by atoms with Gasteiger partial charge in [0.05, 0.1) is 11.9 Å². The van der Waals surface area contributed by atoms with Gasteiger partial charge >= 0.3 is 11.9 Å². The summed E-state index contributed by atoms with van der Waals surface area (Å²) in [6.45, 7) is 0.960. The number of nitrogens with two attached hydrogens (primary N) is 1. The van der Waals surface area contributed by atoms with Crippen molar-refractivity contribution >= 4 is 134 Å².